The smallest absolute Gasteiger partial charge is 0.339 e. The SMILES string of the molecule is CC1(CNc2nnccc2C(=O)O)CCCS1. The molecule has 1 atom stereocenters. The van der Waals surface area contributed by atoms with Gasteiger partial charge in [-0.2, -0.15) is 16.9 Å². The Morgan fingerprint density at radius 3 is 3.18 bits per heavy atom. The highest BCUT2D eigenvalue weighted by atomic mass is 32.2. The lowest BCUT2D eigenvalue weighted by atomic mass is 10.1. The van der Waals surface area contributed by atoms with Crippen molar-refractivity contribution in [3.05, 3.63) is 17.8 Å². The minimum atomic E-state index is -0.980. The van der Waals surface area contributed by atoms with Crippen LogP contribution in [-0.2, 0) is 0 Å². The number of aromatic nitrogens is 2. The Hall–Kier alpha value is -1.30. The number of nitrogens with zero attached hydrogens (tertiary/aromatic N) is 2. The number of thioether (sulfide) groups is 1. The van der Waals surface area contributed by atoms with E-state index in [1.54, 1.807) is 0 Å². The van der Waals surface area contributed by atoms with Crippen molar-refractivity contribution < 1.29 is 9.90 Å². The molecule has 0 aromatic carbocycles. The number of aromatic carboxylic acids is 1. The molecule has 0 bridgehead atoms. The second-order valence-corrected chi connectivity index (χ2v) is 6.04. The second-order valence-electron chi connectivity index (χ2n) is 4.35. The molecule has 2 heterocycles. The number of carboxylic acids is 1. The number of nitrogens with one attached hydrogen (secondary N) is 1. The highest BCUT2D eigenvalue weighted by molar-refractivity contribution is 8.00. The lowest BCUT2D eigenvalue weighted by Crippen LogP contribution is -2.28. The summed E-state index contributed by atoms with van der Waals surface area (Å²) < 4.78 is 0.174. The highest BCUT2D eigenvalue weighted by Crippen LogP contribution is 2.37. The van der Waals surface area contributed by atoms with E-state index in [4.69, 9.17) is 5.11 Å². The summed E-state index contributed by atoms with van der Waals surface area (Å²) in [7, 11) is 0. The molecule has 2 N–H and O–H groups in total. The standard InChI is InChI=1S/C11H15N3O2S/c1-11(4-2-6-17-11)7-12-9-8(10(15)16)3-5-13-14-9/h3,5H,2,4,6-7H2,1H3,(H,12,14)(H,15,16). The third-order valence-corrected chi connectivity index (χ3v) is 4.42. The number of carboxylic acid groups (broad SMARTS) is 1. The predicted molar refractivity (Wildman–Crippen MR) is 67.6 cm³/mol. The normalized spacial score (nSPS) is 23.6. The fourth-order valence-corrected chi connectivity index (χ4v) is 3.13. The molecule has 0 radical (unpaired) electrons. The van der Waals surface area contributed by atoms with Gasteiger partial charge in [-0.1, -0.05) is 0 Å². The fourth-order valence-electron chi connectivity index (χ4n) is 1.88. The third-order valence-electron chi connectivity index (χ3n) is 2.88. The van der Waals surface area contributed by atoms with Crippen molar-refractivity contribution in [1.82, 2.24) is 10.2 Å². The summed E-state index contributed by atoms with van der Waals surface area (Å²) in [4.78, 5) is 11.0. The molecule has 5 nitrogen and oxygen atoms in total. The van der Waals surface area contributed by atoms with Gasteiger partial charge in [0.05, 0.1) is 6.20 Å². The zero-order chi connectivity index (χ0) is 12.3. The molecule has 0 aliphatic carbocycles. The van der Waals surface area contributed by atoms with E-state index in [0.717, 1.165) is 13.0 Å². The summed E-state index contributed by atoms with van der Waals surface area (Å²) in [6.07, 6.45) is 3.75. The summed E-state index contributed by atoms with van der Waals surface area (Å²) in [5, 5.41) is 19.7. The Morgan fingerprint density at radius 1 is 1.71 bits per heavy atom. The summed E-state index contributed by atoms with van der Waals surface area (Å²) in [6, 6.07) is 1.46. The van der Waals surface area contributed by atoms with Gasteiger partial charge in [-0.15, -0.1) is 5.10 Å². The van der Waals surface area contributed by atoms with Gasteiger partial charge in [0.15, 0.2) is 5.82 Å². The molecule has 1 aromatic heterocycles. The van der Waals surface area contributed by atoms with E-state index in [-0.39, 0.29) is 10.3 Å². The van der Waals surface area contributed by atoms with Crippen LogP contribution in [0.25, 0.3) is 0 Å². The van der Waals surface area contributed by atoms with Crippen molar-refractivity contribution in [3.63, 3.8) is 0 Å². The van der Waals surface area contributed by atoms with E-state index in [2.05, 4.69) is 22.4 Å². The Kier molecular flexibility index (Phi) is 3.51. The minimum absolute atomic E-state index is 0.173. The maximum absolute atomic E-state index is 11.0. The van der Waals surface area contributed by atoms with E-state index >= 15 is 0 Å². The van der Waals surface area contributed by atoms with Crippen LogP contribution in [0, 0.1) is 0 Å². The van der Waals surface area contributed by atoms with Gasteiger partial charge in [-0.25, -0.2) is 4.79 Å². The van der Waals surface area contributed by atoms with E-state index in [1.165, 1.54) is 24.4 Å². The van der Waals surface area contributed by atoms with Crippen LogP contribution in [0.3, 0.4) is 0 Å². The average Bonchev–Trinajstić information content (AvgIpc) is 2.74. The summed E-state index contributed by atoms with van der Waals surface area (Å²) in [5.41, 5.74) is 0.173. The molecule has 1 aliphatic heterocycles. The van der Waals surface area contributed by atoms with Crippen molar-refractivity contribution in [2.45, 2.75) is 24.5 Å². The van der Waals surface area contributed by atoms with Crippen molar-refractivity contribution in [2.75, 3.05) is 17.6 Å². The van der Waals surface area contributed by atoms with Gasteiger partial charge in [0.25, 0.3) is 0 Å². The number of hydrogen-bond donors (Lipinski definition) is 2. The predicted octanol–water partition coefficient (Wildman–Crippen LogP) is 1.87. The first-order chi connectivity index (χ1) is 8.11. The molecule has 6 heteroatoms. The largest absolute Gasteiger partial charge is 0.478 e. The Labute approximate surface area is 104 Å². The lowest BCUT2D eigenvalue weighted by molar-refractivity contribution is 0.0697. The maximum Gasteiger partial charge on any atom is 0.339 e. The Morgan fingerprint density at radius 2 is 2.53 bits per heavy atom. The topological polar surface area (TPSA) is 75.1 Å². The monoisotopic (exact) mass is 253 g/mol. The fraction of sp³-hybridized carbons (Fsp3) is 0.545. The molecule has 1 aliphatic rings. The number of rotatable bonds is 4. The molecule has 1 unspecified atom stereocenters. The molecule has 1 fully saturated rings. The van der Waals surface area contributed by atoms with Gasteiger partial charge < -0.3 is 10.4 Å². The molecule has 0 amide bonds. The van der Waals surface area contributed by atoms with Crippen LogP contribution in [0.15, 0.2) is 12.3 Å². The highest BCUT2D eigenvalue weighted by Gasteiger charge is 2.29. The van der Waals surface area contributed by atoms with E-state index in [9.17, 15) is 4.79 Å². The molecular weight excluding hydrogens is 238 g/mol. The van der Waals surface area contributed by atoms with Gasteiger partial charge in [-0.3, -0.25) is 0 Å². The van der Waals surface area contributed by atoms with E-state index in [1.807, 2.05) is 11.8 Å². The third kappa shape index (κ3) is 2.88. The second kappa shape index (κ2) is 4.91. The van der Waals surface area contributed by atoms with Gasteiger partial charge >= 0.3 is 5.97 Å². The Balaban J connectivity index is 2.06. The molecule has 0 saturated carbocycles. The Bertz CT molecular complexity index is 419. The first-order valence-electron chi connectivity index (χ1n) is 5.54. The van der Waals surface area contributed by atoms with Crippen LogP contribution in [0.5, 0.6) is 0 Å². The van der Waals surface area contributed by atoms with Crippen LogP contribution >= 0.6 is 11.8 Å². The van der Waals surface area contributed by atoms with Crippen molar-refractivity contribution >= 4 is 23.5 Å². The van der Waals surface area contributed by atoms with Gasteiger partial charge in [0.2, 0.25) is 0 Å². The number of anilines is 1. The first-order valence-corrected chi connectivity index (χ1v) is 6.52. The molecule has 17 heavy (non-hydrogen) atoms. The molecule has 92 valence electrons. The zero-order valence-corrected chi connectivity index (χ0v) is 10.5. The van der Waals surface area contributed by atoms with Crippen molar-refractivity contribution in [2.24, 2.45) is 0 Å². The first kappa shape index (κ1) is 12.2. The van der Waals surface area contributed by atoms with Crippen LogP contribution < -0.4 is 5.32 Å². The molecule has 2 rings (SSSR count). The van der Waals surface area contributed by atoms with Crippen LogP contribution in [0.2, 0.25) is 0 Å². The quantitative estimate of drug-likeness (QED) is 0.853. The van der Waals surface area contributed by atoms with Crippen molar-refractivity contribution in [3.8, 4) is 0 Å². The molecule has 1 aromatic rings. The molecule has 0 spiro atoms. The maximum atomic E-state index is 11.0. The number of hydrogen-bond acceptors (Lipinski definition) is 5. The van der Waals surface area contributed by atoms with E-state index in [0.29, 0.717) is 5.82 Å². The zero-order valence-electron chi connectivity index (χ0n) is 9.64. The molecular formula is C11H15N3O2S. The number of carbonyl (C=O) groups is 1. The van der Waals surface area contributed by atoms with Crippen LogP contribution in [-0.4, -0.2) is 38.3 Å². The lowest BCUT2D eigenvalue weighted by Gasteiger charge is -2.23. The van der Waals surface area contributed by atoms with E-state index < -0.39 is 5.97 Å². The van der Waals surface area contributed by atoms with Gasteiger partial charge in [0, 0.05) is 11.3 Å². The summed E-state index contributed by atoms with van der Waals surface area (Å²) in [5.74, 6) is 0.546. The minimum Gasteiger partial charge on any atom is -0.478 e. The summed E-state index contributed by atoms with van der Waals surface area (Å²) >= 11 is 1.92. The van der Waals surface area contributed by atoms with Crippen LogP contribution in [0.1, 0.15) is 30.1 Å². The van der Waals surface area contributed by atoms with Crippen LogP contribution in [0.4, 0.5) is 5.82 Å². The van der Waals surface area contributed by atoms with Gasteiger partial charge in [-0.05, 0) is 31.6 Å². The summed E-state index contributed by atoms with van der Waals surface area (Å²) in [6.45, 7) is 2.91. The average molecular weight is 253 g/mol. The van der Waals surface area contributed by atoms with Crippen molar-refractivity contribution in [1.29, 1.82) is 0 Å². The van der Waals surface area contributed by atoms with Gasteiger partial charge in [0.1, 0.15) is 5.56 Å². The molecule has 1 saturated heterocycles.